The van der Waals surface area contributed by atoms with Gasteiger partial charge in [-0.3, -0.25) is 0 Å². The second-order valence-electron chi connectivity index (χ2n) is 4.85. The zero-order valence-corrected chi connectivity index (χ0v) is 17.3. The summed E-state index contributed by atoms with van der Waals surface area (Å²) in [5, 5.41) is 32.3. The third-order valence-corrected chi connectivity index (χ3v) is 2.23. The Bertz CT molecular complexity index is 149. The van der Waals surface area contributed by atoms with Crippen LogP contribution in [0.5, 0.6) is 0 Å². The van der Waals surface area contributed by atoms with Crippen molar-refractivity contribution in [3.63, 3.8) is 0 Å². The summed E-state index contributed by atoms with van der Waals surface area (Å²) >= 11 is 0. The van der Waals surface area contributed by atoms with Gasteiger partial charge in [-0.05, 0) is 12.8 Å². The lowest BCUT2D eigenvalue weighted by Gasteiger charge is -1.99. The van der Waals surface area contributed by atoms with E-state index in [0.717, 1.165) is 13.2 Å². The fourth-order valence-electron chi connectivity index (χ4n) is 1.06. The van der Waals surface area contributed by atoms with Crippen LogP contribution in [-0.4, -0.2) is 101 Å². The Labute approximate surface area is 160 Å². The first-order chi connectivity index (χ1) is 12.7. The number of methoxy groups -OCH3 is 1. The highest BCUT2D eigenvalue weighted by atomic mass is 16.5. The lowest BCUT2D eigenvalue weighted by molar-refractivity contribution is 0.0649. The van der Waals surface area contributed by atoms with Crippen LogP contribution in [0.1, 0.15) is 39.5 Å². The zero-order chi connectivity index (χ0) is 20.7. The van der Waals surface area contributed by atoms with E-state index in [4.69, 9.17) is 25.2 Å². The minimum Gasteiger partial charge on any atom is -0.394 e. The molecule has 0 unspecified atom stereocenters. The van der Waals surface area contributed by atoms with Gasteiger partial charge < -0.3 is 39.4 Å². The molecule has 0 rings (SSSR count). The van der Waals surface area contributed by atoms with Gasteiger partial charge in [-0.25, -0.2) is 0 Å². The molecule has 0 radical (unpaired) electrons. The molecule has 0 heterocycles. The van der Waals surface area contributed by atoms with Crippen LogP contribution < -0.4 is 0 Å². The maximum atomic E-state index is 8.09. The van der Waals surface area contributed by atoms with E-state index in [1.54, 1.807) is 14.2 Å². The molecule has 0 aliphatic carbocycles. The van der Waals surface area contributed by atoms with Gasteiger partial charge in [0, 0.05) is 27.4 Å². The summed E-state index contributed by atoms with van der Waals surface area (Å²) in [6.45, 7) is 7.67. The molecule has 0 aliphatic rings. The van der Waals surface area contributed by atoms with Crippen molar-refractivity contribution in [1.29, 1.82) is 0 Å². The van der Waals surface area contributed by atoms with Crippen LogP contribution in [0.15, 0.2) is 0 Å². The lowest BCUT2D eigenvalue weighted by atomic mass is 10.3. The largest absolute Gasteiger partial charge is 0.394 e. The molecule has 8 nitrogen and oxygen atoms in total. The highest BCUT2D eigenvalue weighted by molar-refractivity contribution is 4.34. The molecule has 8 heteroatoms. The van der Waals surface area contributed by atoms with E-state index < -0.39 is 0 Å². The van der Waals surface area contributed by atoms with Crippen LogP contribution in [0.3, 0.4) is 0 Å². The summed E-state index contributed by atoms with van der Waals surface area (Å²) in [4.78, 5) is 0. The number of rotatable bonds is 14. The molecular weight excluding hydrogens is 344 g/mol. The van der Waals surface area contributed by atoms with Crippen molar-refractivity contribution >= 4 is 0 Å². The van der Waals surface area contributed by atoms with Gasteiger partial charge >= 0.3 is 0 Å². The molecule has 0 aromatic heterocycles. The average Bonchev–Trinajstić information content (AvgIpc) is 2.64. The monoisotopic (exact) mass is 388 g/mol. The molecule has 0 spiro atoms. The highest BCUT2D eigenvalue weighted by Crippen LogP contribution is 1.91. The van der Waals surface area contributed by atoms with Gasteiger partial charge in [-0.1, -0.05) is 26.7 Å². The zero-order valence-electron chi connectivity index (χ0n) is 17.3. The molecule has 4 N–H and O–H groups in total. The Morgan fingerprint density at radius 1 is 0.500 bits per heavy atom. The molecule has 0 aliphatic heterocycles. The molecule has 26 heavy (non-hydrogen) atoms. The van der Waals surface area contributed by atoms with E-state index in [9.17, 15) is 0 Å². The number of hydrogen-bond donors (Lipinski definition) is 4. The summed E-state index contributed by atoms with van der Waals surface area (Å²) in [5.41, 5.74) is 0. The predicted molar refractivity (Wildman–Crippen MR) is 104 cm³/mol. The first kappa shape index (κ1) is 33.3. The smallest absolute Gasteiger partial charge is 0.0698 e. The maximum Gasteiger partial charge on any atom is 0.0698 e. The van der Waals surface area contributed by atoms with Gasteiger partial charge in [-0.15, -0.1) is 0 Å². The fraction of sp³-hybridized carbons (Fsp3) is 1.00. The summed E-state index contributed by atoms with van der Waals surface area (Å²) in [7, 11) is 3.25. The standard InChI is InChI=1S/C8H18O.2C4H10O3.C2H6O/c1-3-5-7-9-8-6-4-2;2*5-1-3-7-4-2-6;1-3-2/h3-8H2,1-2H3;2*5-6H,1-4H2;1-2H3. The Hall–Kier alpha value is -0.320. The van der Waals surface area contributed by atoms with E-state index in [2.05, 4.69) is 28.1 Å². The molecule has 0 amide bonds. The number of unbranched alkanes of at least 4 members (excludes halogenated alkanes) is 2. The fourth-order valence-corrected chi connectivity index (χ4v) is 1.06. The van der Waals surface area contributed by atoms with Crippen LogP contribution in [0, 0.1) is 0 Å². The van der Waals surface area contributed by atoms with Crippen LogP contribution in [0.4, 0.5) is 0 Å². The minimum atomic E-state index is 0.0278. The van der Waals surface area contributed by atoms with Gasteiger partial charge in [0.25, 0.3) is 0 Å². The number of ether oxygens (including phenoxy) is 4. The third kappa shape index (κ3) is 65.1. The van der Waals surface area contributed by atoms with Crippen molar-refractivity contribution < 1.29 is 39.4 Å². The number of aliphatic hydroxyl groups is 4. The van der Waals surface area contributed by atoms with Gasteiger partial charge in [0.2, 0.25) is 0 Å². The quantitative estimate of drug-likeness (QED) is 0.323. The second kappa shape index (κ2) is 44.3. The second-order valence-corrected chi connectivity index (χ2v) is 4.85. The molecule has 164 valence electrons. The van der Waals surface area contributed by atoms with E-state index in [1.165, 1.54) is 25.7 Å². The SMILES string of the molecule is CCCCOCCCC.COC.OCCOCCO.OCCOCCO. The topological polar surface area (TPSA) is 118 Å². The molecular formula is C18H44O8. The normalized spacial score (nSPS) is 9.23. The molecule has 0 saturated heterocycles. The van der Waals surface area contributed by atoms with Crippen LogP contribution in [0.2, 0.25) is 0 Å². The molecule has 0 fully saturated rings. The summed E-state index contributed by atoms with van der Waals surface area (Å²) in [6.07, 6.45) is 4.91. The first-order valence-electron chi connectivity index (χ1n) is 9.23. The average molecular weight is 389 g/mol. The van der Waals surface area contributed by atoms with E-state index in [-0.39, 0.29) is 26.4 Å². The molecule has 0 saturated carbocycles. The molecule has 0 bridgehead atoms. The van der Waals surface area contributed by atoms with Crippen molar-refractivity contribution in [1.82, 2.24) is 0 Å². The van der Waals surface area contributed by atoms with E-state index >= 15 is 0 Å². The number of aliphatic hydroxyl groups excluding tert-OH is 4. The van der Waals surface area contributed by atoms with Gasteiger partial charge in [-0.2, -0.15) is 0 Å². The van der Waals surface area contributed by atoms with Crippen molar-refractivity contribution in [2.45, 2.75) is 39.5 Å². The maximum absolute atomic E-state index is 8.09. The lowest BCUT2D eigenvalue weighted by Crippen LogP contribution is -2.03. The molecule has 0 atom stereocenters. The number of hydrogen-bond acceptors (Lipinski definition) is 8. The minimum absolute atomic E-state index is 0.0278. The highest BCUT2D eigenvalue weighted by Gasteiger charge is 1.84. The first-order valence-corrected chi connectivity index (χ1v) is 9.23. The Morgan fingerprint density at radius 2 is 0.731 bits per heavy atom. The van der Waals surface area contributed by atoms with Crippen molar-refractivity contribution in [3.05, 3.63) is 0 Å². The van der Waals surface area contributed by atoms with Crippen LogP contribution >= 0.6 is 0 Å². The van der Waals surface area contributed by atoms with Crippen molar-refractivity contribution in [2.75, 3.05) is 80.3 Å². The van der Waals surface area contributed by atoms with Crippen molar-refractivity contribution in [3.8, 4) is 0 Å². The molecule has 0 aromatic rings. The Kier molecular flexibility index (Phi) is 56.7. The van der Waals surface area contributed by atoms with Gasteiger partial charge in [0.15, 0.2) is 0 Å². The van der Waals surface area contributed by atoms with Gasteiger partial charge in [0.05, 0.1) is 52.9 Å². The van der Waals surface area contributed by atoms with Gasteiger partial charge in [0.1, 0.15) is 0 Å². The van der Waals surface area contributed by atoms with E-state index in [0.29, 0.717) is 26.4 Å². The van der Waals surface area contributed by atoms with Crippen LogP contribution in [0.25, 0.3) is 0 Å². The van der Waals surface area contributed by atoms with Crippen molar-refractivity contribution in [2.24, 2.45) is 0 Å². The van der Waals surface area contributed by atoms with Crippen LogP contribution in [-0.2, 0) is 18.9 Å². The predicted octanol–water partition coefficient (Wildman–Crippen LogP) is 0.841. The third-order valence-electron chi connectivity index (χ3n) is 2.23. The van der Waals surface area contributed by atoms with E-state index in [1.807, 2.05) is 0 Å². The summed E-state index contributed by atoms with van der Waals surface area (Å²) in [5.74, 6) is 0. The summed E-state index contributed by atoms with van der Waals surface area (Å²) < 4.78 is 18.8. The summed E-state index contributed by atoms with van der Waals surface area (Å²) in [6, 6.07) is 0. The molecule has 0 aromatic carbocycles. The Balaban J connectivity index is -0.000000131. The Morgan fingerprint density at radius 3 is 0.923 bits per heavy atom.